The highest BCUT2D eigenvalue weighted by Gasteiger charge is 2.06. The molecule has 80 valence electrons. The van der Waals surface area contributed by atoms with Crippen molar-refractivity contribution in [1.82, 2.24) is 14.1 Å². The van der Waals surface area contributed by atoms with E-state index in [1.807, 2.05) is 13.8 Å². The van der Waals surface area contributed by atoms with E-state index in [2.05, 4.69) is 4.98 Å². The van der Waals surface area contributed by atoms with E-state index >= 15 is 0 Å². The molecule has 0 aliphatic carbocycles. The van der Waals surface area contributed by atoms with Gasteiger partial charge in [-0.1, -0.05) is 0 Å². The molecule has 0 spiro atoms. The van der Waals surface area contributed by atoms with Gasteiger partial charge in [0.05, 0.1) is 12.2 Å². The van der Waals surface area contributed by atoms with Gasteiger partial charge in [0, 0.05) is 24.3 Å². The monoisotopic (exact) mass is 223 g/mol. The van der Waals surface area contributed by atoms with E-state index < -0.39 is 0 Å². The Hall–Kier alpha value is -1.36. The molecular formula is C10H13N3OS. The normalized spacial score (nSPS) is 10.9. The minimum Gasteiger partial charge on any atom is -0.302 e. The van der Waals surface area contributed by atoms with Crippen molar-refractivity contribution in [3.8, 4) is 0 Å². The standard InChI is InChI=1S/C10H13N3OS/c1-7-8(2)15-9(11-7)6-13-5-4-12(3)10(13)14/h4-5H,6H2,1-3H3. The van der Waals surface area contributed by atoms with Gasteiger partial charge < -0.3 is 4.57 Å². The minimum absolute atomic E-state index is 0.000469. The second-order valence-corrected chi connectivity index (χ2v) is 4.86. The first-order chi connectivity index (χ1) is 7.08. The maximum Gasteiger partial charge on any atom is 0.328 e. The Morgan fingerprint density at radius 1 is 1.40 bits per heavy atom. The predicted octanol–water partition coefficient (Wildman–Crippen LogP) is 1.31. The van der Waals surface area contributed by atoms with Gasteiger partial charge in [-0.05, 0) is 13.8 Å². The zero-order valence-electron chi connectivity index (χ0n) is 9.02. The molecule has 0 amide bonds. The van der Waals surface area contributed by atoms with Gasteiger partial charge in [0.1, 0.15) is 5.01 Å². The van der Waals surface area contributed by atoms with Crippen LogP contribution in [0.3, 0.4) is 0 Å². The number of nitrogens with zero attached hydrogens (tertiary/aromatic N) is 3. The number of aryl methyl sites for hydroxylation is 3. The summed E-state index contributed by atoms with van der Waals surface area (Å²) in [5.74, 6) is 0. The van der Waals surface area contributed by atoms with Gasteiger partial charge in [0.2, 0.25) is 0 Å². The molecule has 5 heteroatoms. The molecule has 2 heterocycles. The molecule has 4 nitrogen and oxygen atoms in total. The van der Waals surface area contributed by atoms with Crippen LogP contribution >= 0.6 is 11.3 Å². The van der Waals surface area contributed by atoms with Crippen LogP contribution in [0.15, 0.2) is 17.2 Å². The van der Waals surface area contributed by atoms with Crippen molar-refractivity contribution in [2.75, 3.05) is 0 Å². The molecule has 0 atom stereocenters. The summed E-state index contributed by atoms with van der Waals surface area (Å²) >= 11 is 1.65. The lowest BCUT2D eigenvalue weighted by molar-refractivity contribution is 0.713. The summed E-state index contributed by atoms with van der Waals surface area (Å²) in [5, 5.41) is 0.985. The number of rotatable bonds is 2. The Morgan fingerprint density at radius 3 is 2.60 bits per heavy atom. The molecule has 0 saturated carbocycles. The number of hydrogen-bond acceptors (Lipinski definition) is 3. The Bertz CT molecular complexity index is 516. The molecule has 0 saturated heterocycles. The van der Waals surface area contributed by atoms with Gasteiger partial charge >= 0.3 is 5.69 Å². The third-order valence-electron chi connectivity index (χ3n) is 2.40. The summed E-state index contributed by atoms with van der Waals surface area (Å²) in [7, 11) is 1.75. The van der Waals surface area contributed by atoms with Crippen molar-refractivity contribution >= 4 is 11.3 Å². The fourth-order valence-electron chi connectivity index (χ4n) is 1.38. The zero-order chi connectivity index (χ0) is 11.0. The number of hydrogen-bond donors (Lipinski definition) is 0. The third kappa shape index (κ3) is 1.87. The number of imidazole rings is 1. The summed E-state index contributed by atoms with van der Waals surface area (Å²) in [6, 6.07) is 0. The van der Waals surface area contributed by atoms with Crippen LogP contribution in [0.4, 0.5) is 0 Å². The highest BCUT2D eigenvalue weighted by Crippen LogP contribution is 2.16. The van der Waals surface area contributed by atoms with Crippen LogP contribution in [0.1, 0.15) is 15.6 Å². The van der Waals surface area contributed by atoms with E-state index in [4.69, 9.17) is 0 Å². The van der Waals surface area contributed by atoms with Crippen LogP contribution in [-0.2, 0) is 13.6 Å². The average molecular weight is 223 g/mol. The van der Waals surface area contributed by atoms with Crippen molar-refractivity contribution < 1.29 is 0 Å². The lowest BCUT2D eigenvalue weighted by atomic mass is 10.4. The van der Waals surface area contributed by atoms with Gasteiger partial charge in [0.25, 0.3) is 0 Å². The Morgan fingerprint density at radius 2 is 2.13 bits per heavy atom. The Kier molecular flexibility index (Phi) is 2.48. The van der Waals surface area contributed by atoms with Crippen LogP contribution in [0.2, 0.25) is 0 Å². The fourth-order valence-corrected chi connectivity index (χ4v) is 2.32. The molecule has 2 rings (SSSR count). The second-order valence-electron chi connectivity index (χ2n) is 3.57. The highest BCUT2D eigenvalue weighted by molar-refractivity contribution is 7.11. The third-order valence-corrected chi connectivity index (χ3v) is 3.45. The van der Waals surface area contributed by atoms with Crippen LogP contribution in [0.25, 0.3) is 0 Å². The lowest BCUT2D eigenvalue weighted by Gasteiger charge is -1.95. The smallest absolute Gasteiger partial charge is 0.302 e. The second kappa shape index (κ2) is 3.66. The van der Waals surface area contributed by atoms with E-state index in [0.717, 1.165) is 10.7 Å². The molecule has 0 bridgehead atoms. The van der Waals surface area contributed by atoms with Crippen LogP contribution in [-0.4, -0.2) is 14.1 Å². The highest BCUT2D eigenvalue weighted by atomic mass is 32.1. The average Bonchev–Trinajstić information content (AvgIpc) is 2.65. The minimum atomic E-state index is 0.000469. The molecule has 2 aromatic heterocycles. The number of aromatic nitrogens is 3. The van der Waals surface area contributed by atoms with Gasteiger partial charge in [-0.3, -0.25) is 4.57 Å². The fraction of sp³-hybridized carbons (Fsp3) is 0.400. The molecule has 2 aromatic rings. The van der Waals surface area contributed by atoms with Gasteiger partial charge in [-0.25, -0.2) is 9.78 Å². The molecule has 0 aliphatic rings. The van der Waals surface area contributed by atoms with Crippen LogP contribution in [0, 0.1) is 13.8 Å². The van der Waals surface area contributed by atoms with Crippen LogP contribution < -0.4 is 5.69 Å². The number of thiazole rings is 1. The lowest BCUT2D eigenvalue weighted by Crippen LogP contribution is -2.22. The SMILES string of the molecule is Cc1nc(Cn2ccn(C)c2=O)sc1C. The molecule has 0 aliphatic heterocycles. The van der Waals surface area contributed by atoms with Gasteiger partial charge in [-0.15, -0.1) is 11.3 Å². The molecule has 0 N–H and O–H groups in total. The maximum absolute atomic E-state index is 11.6. The molecule has 0 aromatic carbocycles. The van der Waals surface area contributed by atoms with Crippen molar-refractivity contribution in [3.63, 3.8) is 0 Å². The predicted molar refractivity (Wildman–Crippen MR) is 60.4 cm³/mol. The van der Waals surface area contributed by atoms with Gasteiger partial charge in [-0.2, -0.15) is 0 Å². The topological polar surface area (TPSA) is 39.8 Å². The molecular weight excluding hydrogens is 210 g/mol. The largest absolute Gasteiger partial charge is 0.328 e. The Labute approximate surface area is 91.8 Å². The first-order valence-electron chi connectivity index (χ1n) is 4.72. The Balaban J connectivity index is 2.29. The van der Waals surface area contributed by atoms with Crippen molar-refractivity contribution in [1.29, 1.82) is 0 Å². The van der Waals surface area contributed by atoms with E-state index in [-0.39, 0.29) is 5.69 Å². The van der Waals surface area contributed by atoms with Crippen molar-refractivity contribution in [3.05, 3.63) is 38.5 Å². The van der Waals surface area contributed by atoms with E-state index in [1.165, 1.54) is 4.88 Å². The quantitative estimate of drug-likeness (QED) is 0.770. The van der Waals surface area contributed by atoms with Gasteiger partial charge in [0.15, 0.2) is 0 Å². The molecule has 15 heavy (non-hydrogen) atoms. The van der Waals surface area contributed by atoms with E-state index in [1.54, 1.807) is 39.9 Å². The maximum atomic E-state index is 11.6. The summed E-state index contributed by atoms with van der Waals surface area (Å²) in [4.78, 5) is 17.2. The summed E-state index contributed by atoms with van der Waals surface area (Å²) in [6.07, 6.45) is 3.55. The van der Waals surface area contributed by atoms with Crippen molar-refractivity contribution in [2.45, 2.75) is 20.4 Å². The summed E-state index contributed by atoms with van der Waals surface area (Å²) < 4.78 is 3.23. The van der Waals surface area contributed by atoms with Crippen LogP contribution in [0.5, 0.6) is 0 Å². The zero-order valence-corrected chi connectivity index (χ0v) is 9.84. The molecule has 0 fully saturated rings. The molecule has 0 radical (unpaired) electrons. The summed E-state index contributed by atoms with van der Waals surface area (Å²) in [6.45, 7) is 4.60. The first kappa shape index (κ1) is 10.2. The molecule has 0 unspecified atom stereocenters. The first-order valence-corrected chi connectivity index (χ1v) is 5.54. The van der Waals surface area contributed by atoms with E-state index in [9.17, 15) is 4.79 Å². The van der Waals surface area contributed by atoms with E-state index in [0.29, 0.717) is 6.54 Å². The summed E-state index contributed by atoms with van der Waals surface area (Å²) in [5.41, 5.74) is 1.06. The van der Waals surface area contributed by atoms with Crippen molar-refractivity contribution in [2.24, 2.45) is 7.05 Å².